The highest BCUT2D eigenvalue weighted by molar-refractivity contribution is 5.63. The molecule has 26 heavy (non-hydrogen) atoms. The van der Waals surface area contributed by atoms with Crippen LogP contribution in [0.2, 0.25) is 0 Å². The Morgan fingerprint density at radius 3 is 2.42 bits per heavy atom. The van der Waals surface area contributed by atoms with Crippen LogP contribution in [0, 0.1) is 0 Å². The summed E-state index contributed by atoms with van der Waals surface area (Å²) in [4.78, 5) is 4.74. The summed E-state index contributed by atoms with van der Waals surface area (Å²) in [7, 11) is 1.67. The molecule has 1 aliphatic rings. The van der Waals surface area contributed by atoms with Crippen LogP contribution in [0.3, 0.4) is 0 Å². The summed E-state index contributed by atoms with van der Waals surface area (Å²) >= 11 is 0. The molecule has 1 saturated carbocycles. The number of hydrogen-bond acceptors (Lipinski definition) is 3. The molecule has 0 saturated heterocycles. The second kappa shape index (κ2) is 7.24. The van der Waals surface area contributed by atoms with Gasteiger partial charge in [0.2, 0.25) is 0 Å². The van der Waals surface area contributed by atoms with Crippen LogP contribution in [0.1, 0.15) is 37.4 Å². The standard InChI is InChI=1S/C22H24N2O2/c1-16(14-26-20-11-7-6-10-19(20)25-2)24-15-23-21(22(24)18-12-13-18)17-8-4-3-5-9-17/h3-11,15-16,18H,12-14H2,1-2H3/t16-/m0/s1. The third-order valence-electron chi connectivity index (χ3n) is 4.87. The van der Waals surface area contributed by atoms with Gasteiger partial charge in [-0.05, 0) is 31.9 Å². The van der Waals surface area contributed by atoms with E-state index in [1.807, 2.05) is 36.7 Å². The number of para-hydroxylation sites is 2. The number of ether oxygens (including phenoxy) is 2. The fourth-order valence-electron chi connectivity index (χ4n) is 3.33. The van der Waals surface area contributed by atoms with E-state index in [4.69, 9.17) is 14.5 Å². The van der Waals surface area contributed by atoms with E-state index in [9.17, 15) is 0 Å². The smallest absolute Gasteiger partial charge is 0.161 e. The molecule has 4 rings (SSSR count). The summed E-state index contributed by atoms with van der Waals surface area (Å²) in [6, 6.07) is 18.4. The lowest BCUT2D eigenvalue weighted by atomic mass is 10.1. The first-order chi connectivity index (χ1) is 12.8. The fraction of sp³-hybridized carbons (Fsp3) is 0.318. The molecule has 0 N–H and O–H groups in total. The maximum atomic E-state index is 6.04. The van der Waals surface area contributed by atoms with Crippen molar-refractivity contribution in [2.75, 3.05) is 13.7 Å². The van der Waals surface area contributed by atoms with Crippen molar-refractivity contribution in [1.29, 1.82) is 0 Å². The molecular weight excluding hydrogens is 324 g/mol. The Hall–Kier alpha value is -2.75. The minimum Gasteiger partial charge on any atom is -0.493 e. The average molecular weight is 348 g/mol. The zero-order chi connectivity index (χ0) is 17.9. The predicted molar refractivity (Wildman–Crippen MR) is 103 cm³/mol. The largest absolute Gasteiger partial charge is 0.493 e. The first-order valence-corrected chi connectivity index (χ1v) is 9.16. The van der Waals surface area contributed by atoms with Crippen LogP contribution in [-0.2, 0) is 0 Å². The van der Waals surface area contributed by atoms with Gasteiger partial charge in [0.05, 0.1) is 25.2 Å². The summed E-state index contributed by atoms with van der Waals surface area (Å²) in [5.41, 5.74) is 3.63. The van der Waals surface area contributed by atoms with Gasteiger partial charge in [-0.2, -0.15) is 0 Å². The van der Waals surface area contributed by atoms with Crippen LogP contribution in [0.5, 0.6) is 11.5 Å². The Kier molecular flexibility index (Phi) is 4.65. The van der Waals surface area contributed by atoms with Gasteiger partial charge in [-0.1, -0.05) is 42.5 Å². The number of imidazole rings is 1. The molecular formula is C22H24N2O2. The second-order valence-electron chi connectivity index (χ2n) is 6.84. The summed E-state index contributed by atoms with van der Waals surface area (Å²) in [6.07, 6.45) is 4.45. The van der Waals surface area contributed by atoms with Gasteiger partial charge in [0.1, 0.15) is 6.61 Å². The minimum atomic E-state index is 0.195. The van der Waals surface area contributed by atoms with Gasteiger partial charge >= 0.3 is 0 Å². The number of nitrogens with zero attached hydrogens (tertiary/aromatic N) is 2. The fourth-order valence-corrected chi connectivity index (χ4v) is 3.33. The molecule has 1 fully saturated rings. The molecule has 3 aromatic rings. The lowest BCUT2D eigenvalue weighted by molar-refractivity contribution is 0.246. The van der Waals surface area contributed by atoms with Crippen molar-refractivity contribution in [1.82, 2.24) is 9.55 Å². The van der Waals surface area contributed by atoms with Gasteiger partial charge in [0, 0.05) is 17.2 Å². The second-order valence-corrected chi connectivity index (χ2v) is 6.84. The van der Waals surface area contributed by atoms with E-state index >= 15 is 0 Å². The highest BCUT2D eigenvalue weighted by Gasteiger charge is 2.32. The van der Waals surface area contributed by atoms with Crippen LogP contribution in [0.15, 0.2) is 60.9 Å². The molecule has 1 atom stereocenters. The molecule has 0 unspecified atom stereocenters. The Bertz CT molecular complexity index is 869. The molecule has 0 spiro atoms. The number of hydrogen-bond donors (Lipinski definition) is 0. The zero-order valence-electron chi connectivity index (χ0n) is 15.3. The number of aromatic nitrogens is 2. The first-order valence-electron chi connectivity index (χ1n) is 9.16. The molecule has 0 aliphatic heterocycles. The van der Waals surface area contributed by atoms with E-state index in [-0.39, 0.29) is 6.04 Å². The van der Waals surface area contributed by atoms with Crippen molar-refractivity contribution in [2.45, 2.75) is 31.7 Å². The van der Waals surface area contributed by atoms with Crippen LogP contribution in [0.25, 0.3) is 11.3 Å². The monoisotopic (exact) mass is 348 g/mol. The number of methoxy groups -OCH3 is 1. The molecule has 1 heterocycles. The van der Waals surface area contributed by atoms with E-state index in [1.165, 1.54) is 24.1 Å². The first kappa shape index (κ1) is 16.7. The molecule has 0 amide bonds. The van der Waals surface area contributed by atoms with Crippen molar-refractivity contribution in [3.05, 3.63) is 66.6 Å². The van der Waals surface area contributed by atoms with E-state index in [2.05, 4.69) is 35.8 Å². The van der Waals surface area contributed by atoms with Gasteiger partial charge < -0.3 is 14.0 Å². The normalized spacial score (nSPS) is 14.8. The molecule has 0 bridgehead atoms. The lowest BCUT2D eigenvalue weighted by Gasteiger charge is -2.19. The Labute approximate surface area is 154 Å². The Morgan fingerprint density at radius 2 is 1.73 bits per heavy atom. The summed E-state index contributed by atoms with van der Waals surface area (Å²) in [5.74, 6) is 2.15. The average Bonchev–Trinajstić information content (AvgIpc) is 3.44. The zero-order valence-corrected chi connectivity index (χ0v) is 15.3. The van der Waals surface area contributed by atoms with Gasteiger partial charge in [0.15, 0.2) is 11.5 Å². The van der Waals surface area contributed by atoms with Crippen LogP contribution >= 0.6 is 0 Å². The molecule has 1 aliphatic carbocycles. The maximum absolute atomic E-state index is 6.04. The Balaban J connectivity index is 1.56. The molecule has 1 aromatic heterocycles. The highest BCUT2D eigenvalue weighted by Crippen LogP contribution is 2.45. The van der Waals surface area contributed by atoms with Crippen molar-refractivity contribution in [2.24, 2.45) is 0 Å². The van der Waals surface area contributed by atoms with Crippen LogP contribution in [-0.4, -0.2) is 23.3 Å². The van der Waals surface area contributed by atoms with E-state index in [0.717, 1.165) is 17.2 Å². The summed E-state index contributed by atoms with van der Waals surface area (Å²) < 4.78 is 13.7. The van der Waals surface area contributed by atoms with Crippen molar-refractivity contribution >= 4 is 0 Å². The van der Waals surface area contributed by atoms with Gasteiger partial charge in [0.25, 0.3) is 0 Å². The van der Waals surface area contributed by atoms with Crippen LogP contribution < -0.4 is 9.47 Å². The van der Waals surface area contributed by atoms with E-state index in [0.29, 0.717) is 12.5 Å². The molecule has 134 valence electrons. The van der Waals surface area contributed by atoms with Crippen molar-refractivity contribution < 1.29 is 9.47 Å². The molecule has 4 nitrogen and oxygen atoms in total. The molecule has 0 radical (unpaired) electrons. The quantitative estimate of drug-likeness (QED) is 0.598. The lowest BCUT2D eigenvalue weighted by Crippen LogP contribution is -2.16. The Morgan fingerprint density at radius 1 is 1.04 bits per heavy atom. The SMILES string of the molecule is COc1ccccc1OC[C@H](C)n1cnc(-c2ccccc2)c1C1CC1. The van der Waals surface area contributed by atoms with E-state index < -0.39 is 0 Å². The third-order valence-corrected chi connectivity index (χ3v) is 4.87. The molecule has 2 aromatic carbocycles. The topological polar surface area (TPSA) is 36.3 Å². The maximum Gasteiger partial charge on any atom is 0.161 e. The third kappa shape index (κ3) is 3.32. The van der Waals surface area contributed by atoms with Crippen molar-refractivity contribution in [3.8, 4) is 22.8 Å². The minimum absolute atomic E-state index is 0.195. The van der Waals surface area contributed by atoms with Gasteiger partial charge in [-0.15, -0.1) is 0 Å². The highest BCUT2D eigenvalue weighted by atomic mass is 16.5. The van der Waals surface area contributed by atoms with Crippen LogP contribution in [0.4, 0.5) is 0 Å². The summed E-state index contributed by atoms with van der Waals surface area (Å²) in [5, 5.41) is 0. The van der Waals surface area contributed by atoms with Crippen molar-refractivity contribution in [3.63, 3.8) is 0 Å². The van der Waals surface area contributed by atoms with Gasteiger partial charge in [-0.3, -0.25) is 0 Å². The number of benzene rings is 2. The molecule has 4 heteroatoms. The predicted octanol–water partition coefficient (Wildman–Crippen LogP) is 5.08. The summed E-state index contributed by atoms with van der Waals surface area (Å²) in [6.45, 7) is 2.75. The van der Waals surface area contributed by atoms with Gasteiger partial charge in [-0.25, -0.2) is 4.98 Å². The van der Waals surface area contributed by atoms with E-state index in [1.54, 1.807) is 7.11 Å². The number of rotatable bonds is 7.